The normalized spacial score (nSPS) is 18.1. The number of nitrogens with zero attached hydrogens (tertiary/aromatic N) is 2. The monoisotopic (exact) mass is 360 g/mol. The SMILES string of the molecule is CNc1snc(C)c1C(=O)NC[C@@H]1CN(Cc2ccccc2)CCO1. The number of ether oxygens (including phenoxy) is 1. The molecular weight excluding hydrogens is 336 g/mol. The van der Waals surface area contributed by atoms with Crippen LogP contribution in [-0.4, -0.2) is 54.6 Å². The summed E-state index contributed by atoms with van der Waals surface area (Å²) in [5, 5.41) is 6.81. The number of carbonyl (C=O) groups is 1. The van der Waals surface area contributed by atoms with E-state index >= 15 is 0 Å². The third kappa shape index (κ3) is 4.56. The van der Waals surface area contributed by atoms with Gasteiger partial charge < -0.3 is 15.4 Å². The summed E-state index contributed by atoms with van der Waals surface area (Å²) in [5.41, 5.74) is 2.68. The quantitative estimate of drug-likeness (QED) is 0.826. The van der Waals surface area contributed by atoms with Crippen LogP contribution in [-0.2, 0) is 11.3 Å². The Kier molecular flexibility index (Phi) is 6.01. The second kappa shape index (κ2) is 8.42. The molecule has 0 spiro atoms. The largest absolute Gasteiger partial charge is 0.378 e. The first-order valence-corrected chi connectivity index (χ1v) is 9.25. The molecule has 1 aromatic heterocycles. The van der Waals surface area contributed by atoms with E-state index in [4.69, 9.17) is 4.74 Å². The Morgan fingerprint density at radius 3 is 2.96 bits per heavy atom. The Labute approximate surface area is 152 Å². The van der Waals surface area contributed by atoms with Crippen molar-refractivity contribution in [2.24, 2.45) is 0 Å². The molecule has 1 atom stereocenters. The third-order valence-corrected chi connectivity index (χ3v) is 5.24. The number of hydrogen-bond donors (Lipinski definition) is 2. The van der Waals surface area contributed by atoms with Gasteiger partial charge in [-0.2, -0.15) is 4.37 Å². The van der Waals surface area contributed by atoms with Gasteiger partial charge in [0.25, 0.3) is 5.91 Å². The van der Waals surface area contributed by atoms with Gasteiger partial charge in [-0.3, -0.25) is 9.69 Å². The summed E-state index contributed by atoms with van der Waals surface area (Å²) < 4.78 is 10.1. The maximum atomic E-state index is 12.5. The maximum Gasteiger partial charge on any atom is 0.256 e. The van der Waals surface area contributed by atoms with Crippen LogP contribution in [0.1, 0.15) is 21.6 Å². The van der Waals surface area contributed by atoms with Gasteiger partial charge in [0.2, 0.25) is 0 Å². The first kappa shape index (κ1) is 17.8. The second-order valence-corrected chi connectivity index (χ2v) is 6.92. The van der Waals surface area contributed by atoms with Crippen LogP contribution in [0.2, 0.25) is 0 Å². The van der Waals surface area contributed by atoms with Crippen molar-refractivity contribution in [3.63, 3.8) is 0 Å². The number of nitrogens with one attached hydrogen (secondary N) is 2. The van der Waals surface area contributed by atoms with Gasteiger partial charge in [0.05, 0.1) is 24.0 Å². The molecule has 1 aliphatic heterocycles. The van der Waals surface area contributed by atoms with Crippen molar-refractivity contribution in [3.8, 4) is 0 Å². The average molecular weight is 360 g/mol. The second-order valence-electron chi connectivity index (χ2n) is 6.15. The molecular formula is C18H24N4O2S. The number of amides is 1. The van der Waals surface area contributed by atoms with Crippen LogP contribution >= 0.6 is 11.5 Å². The lowest BCUT2D eigenvalue weighted by Crippen LogP contribution is -2.47. The van der Waals surface area contributed by atoms with Crippen LogP contribution in [0.4, 0.5) is 5.00 Å². The van der Waals surface area contributed by atoms with Gasteiger partial charge in [-0.25, -0.2) is 0 Å². The van der Waals surface area contributed by atoms with E-state index in [0.29, 0.717) is 18.7 Å². The van der Waals surface area contributed by atoms with Crippen molar-refractivity contribution in [2.75, 3.05) is 38.6 Å². The number of carbonyl (C=O) groups excluding carboxylic acids is 1. The molecule has 2 heterocycles. The Balaban J connectivity index is 1.52. The van der Waals surface area contributed by atoms with Crippen LogP contribution in [0.3, 0.4) is 0 Å². The number of aromatic nitrogens is 1. The fourth-order valence-corrected chi connectivity index (χ4v) is 3.73. The van der Waals surface area contributed by atoms with Crippen molar-refractivity contribution in [1.82, 2.24) is 14.6 Å². The highest BCUT2D eigenvalue weighted by Gasteiger charge is 2.23. The number of rotatable bonds is 6. The van der Waals surface area contributed by atoms with Gasteiger partial charge in [0, 0.05) is 33.2 Å². The van der Waals surface area contributed by atoms with Gasteiger partial charge in [0.15, 0.2) is 0 Å². The van der Waals surface area contributed by atoms with Gasteiger partial charge in [-0.05, 0) is 24.0 Å². The fraction of sp³-hybridized carbons (Fsp3) is 0.444. The van der Waals surface area contributed by atoms with E-state index in [0.717, 1.165) is 30.3 Å². The van der Waals surface area contributed by atoms with E-state index in [1.165, 1.54) is 17.1 Å². The minimum Gasteiger partial charge on any atom is -0.378 e. The highest BCUT2D eigenvalue weighted by atomic mass is 32.1. The Morgan fingerprint density at radius 1 is 1.40 bits per heavy atom. The highest BCUT2D eigenvalue weighted by Crippen LogP contribution is 2.23. The number of aryl methyl sites for hydroxylation is 1. The van der Waals surface area contributed by atoms with Gasteiger partial charge >= 0.3 is 0 Å². The van der Waals surface area contributed by atoms with Crippen molar-refractivity contribution >= 4 is 22.4 Å². The first-order valence-electron chi connectivity index (χ1n) is 8.47. The molecule has 0 unspecified atom stereocenters. The minimum absolute atomic E-state index is 0.00588. The minimum atomic E-state index is -0.0978. The molecule has 1 aliphatic rings. The Hall–Kier alpha value is -1.96. The Morgan fingerprint density at radius 2 is 2.20 bits per heavy atom. The summed E-state index contributed by atoms with van der Waals surface area (Å²) in [5.74, 6) is -0.0978. The van der Waals surface area contributed by atoms with Crippen molar-refractivity contribution < 1.29 is 9.53 Å². The van der Waals surface area contributed by atoms with Gasteiger partial charge in [-0.15, -0.1) is 0 Å². The maximum absolute atomic E-state index is 12.5. The number of benzene rings is 1. The molecule has 7 heteroatoms. The average Bonchev–Trinajstić information content (AvgIpc) is 3.02. The van der Waals surface area contributed by atoms with Crippen LogP contribution in [0.15, 0.2) is 30.3 Å². The zero-order valence-corrected chi connectivity index (χ0v) is 15.4. The lowest BCUT2D eigenvalue weighted by atomic mass is 10.2. The number of anilines is 1. The van der Waals surface area contributed by atoms with Crippen LogP contribution in [0.5, 0.6) is 0 Å². The molecule has 1 saturated heterocycles. The Bertz CT molecular complexity index is 704. The molecule has 1 amide bonds. The number of morpholine rings is 1. The lowest BCUT2D eigenvalue weighted by molar-refractivity contribution is -0.0292. The van der Waals surface area contributed by atoms with E-state index in [2.05, 4.69) is 44.2 Å². The molecule has 0 saturated carbocycles. The molecule has 0 radical (unpaired) electrons. The first-order chi connectivity index (χ1) is 12.2. The van der Waals surface area contributed by atoms with Crippen molar-refractivity contribution in [3.05, 3.63) is 47.2 Å². The molecule has 6 nitrogen and oxygen atoms in total. The van der Waals surface area contributed by atoms with Crippen molar-refractivity contribution in [2.45, 2.75) is 19.6 Å². The predicted octanol–water partition coefficient (Wildman–Crippen LogP) is 2.12. The van der Waals surface area contributed by atoms with Crippen LogP contribution in [0, 0.1) is 6.92 Å². The lowest BCUT2D eigenvalue weighted by Gasteiger charge is -2.33. The van der Waals surface area contributed by atoms with E-state index in [1.54, 1.807) is 7.05 Å². The molecule has 1 fully saturated rings. The fourth-order valence-electron chi connectivity index (χ4n) is 2.99. The molecule has 3 rings (SSSR count). The molecule has 0 aliphatic carbocycles. The number of hydrogen-bond acceptors (Lipinski definition) is 6. The molecule has 134 valence electrons. The van der Waals surface area contributed by atoms with Gasteiger partial charge in [0.1, 0.15) is 5.00 Å². The van der Waals surface area contributed by atoms with Crippen LogP contribution < -0.4 is 10.6 Å². The highest BCUT2D eigenvalue weighted by molar-refractivity contribution is 7.10. The molecule has 2 N–H and O–H groups in total. The summed E-state index contributed by atoms with van der Waals surface area (Å²) in [6.07, 6.45) is 0.00588. The summed E-state index contributed by atoms with van der Waals surface area (Å²) in [7, 11) is 1.80. The summed E-state index contributed by atoms with van der Waals surface area (Å²) in [6, 6.07) is 10.4. The zero-order chi connectivity index (χ0) is 17.6. The van der Waals surface area contributed by atoms with E-state index in [-0.39, 0.29) is 12.0 Å². The molecule has 2 aromatic rings. The summed E-state index contributed by atoms with van der Waals surface area (Å²) >= 11 is 1.31. The van der Waals surface area contributed by atoms with Crippen LogP contribution in [0.25, 0.3) is 0 Å². The van der Waals surface area contributed by atoms with Crippen molar-refractivity contribution in [1.29, 1.82) is 0 Å². The van der Waals surface area contributed by atoms with E-state index in [1.807, 2.05) is 13.0 Å². The summed E-state index contributed by atoms with van der Waals surface area (Å²) in [4.78, 5) is 14.8. The molecule has 25 heavy (non-hydrogen) atoms. The summed E-state index contributed by atoms with van der Waals surface area (Å²) in [6.45, 7) is 5.68. The van der Waals surface area contributed by atoms with Gasteiger partial charge in [-0.1, -0.05) is 30.3 Å². The predicted molar refractivity (Wildman–Crippen MR) is 100 cm³/mol. The standard InChI is InChI=1S/C18H24N4O2S/c1-13-16(18(19-2)25-21-13)17(23)20-10-15-12-22(8-9-24-15)11-14-6-4-3-5-7-14/h3-7,15,19H,8-12H2,1-2H3,(H,20,23)/t15-/m1/s1. The molecule has 1 aromatic carbocycles. The third-order valence-electron chi connectivity index (χ3n) is 4.28. The zero-order valence-electron chi connectivity index (χ0n) is 14.6. The van der Waals surface area contributed by atoms with E-state index in [9.17, 15) is 4.79 Å². The topological polar surface area (TPSA) is 66.5 Å². The molecule has 0 bridgehead atoms. The smallest absolute Gasteiger partial charge is 0.256 e. The van der Waals surface area contributed by atoms with E-state index < -0.39 is 0 Å².